The van der Waals surface area contributed by atoms with Crippen molar-refractivity contribution in [1.82, 2.24) is 10.2 Å². The molecule has 1 amide bonds. The third kappa shape index (κ3) is 2.79. The van der Waals surface area contributed by atoms with Crippen LogP contribution in [0.4, 0.5) is 17.6 Å². The van der Waals surface area contributed by atoms with Crippen molar-refractivity contribution in [1.29, 1.82) is 0 Å². The molecule has 0 heterocycles. The van der Waals surface area contributed by atoms with Crippen LogP contribution in [0.1, 0.15) is 10.4 Å². The normalized spacial score (nSPS) is 10.6. The van der Waals surface area contributed by atoms with Crippen LogP contribution in [-0.2, 0) is 0 Å². The van der Waals surface area contributed by atoms with Gasteiger partial charge in [0.05, 0.1) is 0 Å². The minimum atomic E-state index is -1.68. The topological polar surface area (TPSA) is 32.3 Å². The zero-order chi connectivity index (χ0) is 13.9. The van der Waals surface area contributed by atoms with Gasteiger partial charge in [0, 0.05) is 26.2 Å². The van der Waals surface area contributed by atoms with Gasteiger partial charge in [0.2, 0.25) is 0 Å². The van der Waals surface area contributed by atoms with E-state index in [1.54, 1.807) is 7.05 Å². The molecule has 100 valence electrons. The molecule has 0 aliphatic carbocycles. The first-order valence-corrected chi connectivity index (χ1v) is 5.13. The number of halogens is 4. The lowest BCUT2D eigenvalue weighted by molar-refractivity contribution is 0.0784. The number of amides is 1. The summed E-state index contributed by atoms with van der Waals surface area (Å²) in [5.41, 5.74) is -1.22. The monoisotopic (exact) mass is 264 g/mol. The molecule has 7 heteroatoms. The van der Waals surface area contributed by atoms with Crippen LogP contribution in [0.25, 0.3) is 0 Å². The lowest BCUT2D eigenvalue weighted by Crippen LogP contribution is -2.34. The summed E-state index contributed by atoms with van der Waals surface area (Å²) in [6, 6.07) is 0.0645. The molecule has 0 saturated heterocycles. The van der Waals surface area contributed by atoms with E-state index in [-0.39, 0.29) is 12.6 Å². The van der Waals surface area contributed by atoms with Crippen LogP contribution in [0.2, 0.25) is 0 Å². The lowest BCUT2D eigenvalue weighted by atomic mass is 10.1. The molecule has 0 saturated carbocycles. The Hall–Kier alpha value is -1.63. The number of nitrogens with zero attached hydrogens (tertiary/aromatic N) is 1. The maximum atomic E-state index is 13.3. The maximum absolute atomic E-state index is 13.3. The number of carbonyl (C=O) groups excluding carboxylic acids is 1. The fourth-order valence-electron chi connectivity index (χ4n) is 1.33. The van der Waals surface area contributed by atoms with Crippen molar-refractivity contribution in [2.45, 2.75) is 0 Å². The van der Waals surface area contributed by atoms with Gasteiger partial charge in [0.1, 0.15) is 5.56 Å². The largest absolute Gasteiger partial charge is 0.340 e. The lowest BCUT2D eigenvalue weighted by Gasteiger charge is -2.17. The van der Waals surface area contributed by atoms with Crippen LogP contribution in [0.5, 0.6) is 0 Å². The number of carbonyl (C=O) groups is 1. The molecule has 0 aromatic heterocycles. The summed E-state index contributed by atoms with van der Waals surface area (Å²) < 4.78 is 52.5. The summed E-state index contributed by atoms with van der Waals surface area (Å²) in [6.45, 7) is 0.523. The Morgan fingerprint density at radius 1 is 1.22 bits per heavy atom. The predicted octanol–water partition coefficient (Wildman–Crippen LogP) is 1.53. The fraction of sp³-hybridized carbons (Fsp3) is 0.364. The Labute approximate surface area is 101 Å². The highest BCUT2D eigenvalue weighted by Gasteiger charge is 2.26. The highest BCUT2D eigenvalue weighted by atomic mass is 19.2. The zero-order valence-electron chi connectivity index (χ0n) is 9.86. The Balaban J connectivity index is 3.12. The van der Waals surface area contributed by atoms with E-state index in [0.29, 0.717) is 6.54 Å². The van der Waals surface area contributed by atoms with Crippen LogP contribution < -0.4 is 5.32 Å². The van der Waals surface area contributed by atoms with Gasteiger partial charge in [0.15, 0.2) is 23.3 Å². The first-order valence-electron chi connectivity index (χ1n) is 5.13. The first kappa shape index (κ1) is 14.4. The highest BCUT2D eigenvalue weighted by Crippen LogP contribution is 2.20. The van der Waals surface area contributed by atoms with Crippen LogP contribution in [0.3, 0.4) is 0 Å². The van der Waals surface area contributed by atoms with E-state index in [4.69, 9.17) is 0 Å². The van der Waals surface area contributed by atoms with Crippen LogP contribution >= 0.6 is 0 Å². The van der Waals surface area contributed by atoms with E-state index in [2.05, 4.69) is 5.32 Å². The summed E-state index contributed by atoms with van der Waals surface area (Å²) in [6.07, 6.45) is 0. The summed E-state index contributed by atoms with van der Waals surface area (Å²) in [5, 5.41) is 2.73. The van der Waals surface area contributed by atoms with Gasteiger partial charge in [-0.05, 0) is 7.05 Å². The molecular weight excluding hydrogens is 252 g/mol. The van der Waals surface area contributed by atoms with Crippen LogP contribution in [0.15, 0.2) is 6.07 Å². The number of rotatable bonds is 4. The molecule has 0 fully saturated rings. The van der Waals surface area contributed by atoms with Gasteiger partial charge in [-0.1, -0.05) is 0 Å². The van der Waals surface area contributed by atoms with Gasteiger partial charge in [-0.2, -0.15) is 0 Å². The average Bonchev–Trinajstić information content (AvgIpc) is 2.33. The molecule has 0 bridgehead atoms. The second kappa shape index (κ2) is 5.81. The smallest absolute Gasteiger partial charge is 0.259 e. The van der Waals surface area contributed by atoms with Gasteiger partial charge in [-0.3, -0.25) is 4.79 Å². The van der Waals surface area contributed by atoms with E-state index in [1.807, 2.05) is 0 Å². The Bertz CT molecular complexity index is 439. The number of hydrogen-bond donors (Lipinski definition) is 1. The van der Waals surface area contributed by atoms with Crippen molar-refractivity contribution >= 4 is 5.91 Å². The minimum absolute atomic E-state index is 0.0645. The molecule has 3 nitrogen and oxygen atoms in total. The Morgan fingerprint density at radius 3 is 2.17 bits per heavy atom. The van der Waals surface area contributed by atoms with Crippen molar-refractivity contribution in [2.75, 3.05) is 27.2 Å². The minimum Gasteiger partial charge on any atom is -0.340 e. The molecule has 1 aromatic carbocycles. The molecule has 0 aliphatic heterocycles. The molecule has 0 atom stereocenters. The van der Waals surface area contributed by atoms with Gasteiger partial charge >= 0.3 is 0 Å². The zero-order valence-corrected chi connectivity index (χ0v) is 9.86. The maximum Gasteiger partial charge on any atom is 0.259 e. The SMILES string of the molecule is CNCCN(C)C(=O)c1c(F)c(F)cc(F)c1F. The molecule has 0 aliphatic rings. The highest BCUT2D eigenvalue weighted by molar-refractivity contribution is 5.94. The van der Waals surface area contributed by atoms with Gasteiger partial charge < -0.3 is 10.2 Å². The molecule has 1 aromatic rings. The van der Waals surface area contributed by atoms with Crippen molar-refractivity contribution in [3.05, 3.63) is 34.9 Å². The molecule has 1 N–H and O–H groups in total. The standard InChI is InChI=1S/C11H12F4N2O/c1-16-3-4-17(2)11(18)8-9(14)6(12)5-7(13)10(8)15/h5,16H,3-4H2,1-2H3. The van der Waals surface area contributed by atoms with Crippen molar-refractivity contribution in [3.8, 4) is 0 Å². The van der Waals surface area contributed by atoms with Crippen LogP contribution in [-0.4, -0.2) is 38.0 Å². The van der Waals surface area contributed by atoms with Crippen molar-refractivity contribution < 1.29 is 22.4 Å². The quantitative estimate of drug-likeness (QED) is 0.661. The van der Waals surface area contributed by atoms with Gasteiger partial charge in [-0.15, -0.1) is 0 Å². The second-order valence-electron chi connectivity index (χ2n) is 3.67. The van der Waals surface area contributed by atoms with Gasteiger partial charge in [0.25, 0.3) is 5.91 Å². The predicted molar refractivity (Wildman–Crippen MR) is 57.2 cm³/mol. The number of likely N-dealkylation sites (N-methyl/N-ethyl adjacent to an activating group) is 2. The summed E-state index contributed by atoms with van der Waals surface area (Å²) >= 11 is 0. The third-order valence-electron chi connectivity index (χ3n) is 2.37. The average molecular weight is 264 g/mol. The first-order chi connectivity index (χ1) is 8.40. The Kier molecular flexibility index (Phi) is 4.66. The van der Waals surface area contributed by atoms with Gasteiger partial charge in [-0.25, -0.2) is 17.6 Å². The van der Waals surface area contributed by atoms with E-state index < -0.39 is 34.7 Å². The van der Waals surface area contributed by atoms with Crippen molar-refractivity contribution in [3.63, 3.8) is 0 Å². The van der Waals surface area contributed by atoms with Crippen LogP contribution in [0, 0.1) is 23.3 Å². The second-order valence-corrected chi connectivity index (χ2v) is 3.67. The third-order valence-corrected chi connectivity index (χ3v) is 2.37. The fourth-order valence-corrected chi connectivity index (χ4v) is 1.33. The van der Waals surface area contributed by atoms with E-state index in [9.17, 15) is 22.4 Å². The van der Waals surface area contributed by atoms with E-state index >= 15 is 0 Å². The molecule has 1 rings (SSSR count). The molecule has 0 radical (unpaired) electrons. The number of nitrogens with one attached hydrogen (secondary N) is 1. The van der Waals surface area contributed by atoms with E-state index in [0.717, 1.165) is 4.90 Å². The molecular formula is C11H12F4N2O. The number of hydrogen-bond acceptors (Lipinski definition) is 2. The summed E-state index contributed by atoms with van der Waals surface area (Å²) in [7, 11) is 2.91. The molecule has 0 spiro atoms. The van der Waals surface area contributed by atoms with E-state index in [1.165, 1.54) is 7.05 Å². The summed E-state index contributed by atoms with van der Waals surface area (Å²) in [5.74, 6) is -7.68. The molecule has 18 heavy (non-hydrogen) atoms. The summed E-state index contributed by atoms with van der Waals surface area (Å²) in [4.78, 5) is 12.7. The Morgan fingerprint density at radius 2 is 1.72 bits per heavy atom. The number of benzene rings is 1. The van der Waals surface area contributed by atoms with Crippen molar-refractivity contribution in [2.24, 2.45) is 0 Å². The molecule has 0 unspecified atom stereocenters.